The predicted octanol–water partition coefficient (Wildman–Crippen LogP) is 2.83. The van der Waals surface area contributed by atoms with Crippen LogP contribution in [0.4, 0.5) is 0 Å². The summed E-state index contributed by atoms with van der Waals surface area (Å²) >= 11 is 7.57. The molecular weight excluding hydrogens is 292 g/mol. The van der Waals surface area contributed by atoms with Crippen LogP contribution in [0.2, 0.25) is 4.34 Å². The molecule has 0 spiro atoms. The van der Waals surface area contributed by atoms with E-state index < -0.39 is 0 Å². The number of rotatable bonds is 4. The lowest BCUT2D eigenvalue weighted by Gasteiger charge is -2.14. The molecule has 0 bridgehead atoms. The molecule has 1 saturated heterocycles. The highest BCUT2D eigenvalue weighted by molar-refractivity contribution is 7.16. The maximum absolute atomic E-state index is 10.2. The molecule has 3 heterocycles. The molecule has 0 amide bonds. The highest BCUT2D eigenvalue weighted by atomic mass is 35.5. The average Bonchev–Trinajstić information content (AvgIpc) is 2.98. The molecule has 0 unspecified atom stereocenters. The fourth-order valence-corrected chi connectivity index (χ4v) is 3.88. The van der Waals surface area contributed by atoms with E-state index in [1.807, 2.05) is 30.6 Å². The second-order valence-corrected chi connectivity index (χ2v) is 7.09. The number of aliphatic hydroxyl groups is 1. The maximum Gasteiger partial charge on any atom is 0.0931 e. The second-order valence-electron chi connectivity index (χ2n) is 5.29. The van der Waals surface area contributed by atoms with Crippen LogP contribution in [0.15, 0.2) is 36.7 Å². The van der Waals surface area contributed by atoms with Crippen molar-refractivity contribution in [3.8, 4) is 0 Å². The molecule has 1 aliphatic heterocycles. The number of hydrogen-bond donors (Lipinski definition) is 1. The van der Waals surface area contributed by atoms with Gasteiger partial charge in [-0.25, -0.2) is 0 Å². The normalized spacial score (nSPS) is 23.3. The van der Waals surface area contributed by atoms with E-state index in [1.165, 1.54) is 10.4 Å². The smallest absolute Gasteiger partial charge is 0.0931 e. The van der Waals surface area contributed by atoms with E-state index in [9.17, 15) is 5.11 Å². The van der Waals surface area contributed by atoms with Crippen molar-refractivity contribution in [1.82, 2.24) is 9.88 Å². The number of aliphatic hydroxyl groups excluding tert-OH is 1. The van der Waals surface area contributed by atoms with Crippen LogP contribution < -0.4 is 0 Å². The fraction of sp³-hybridized carbons (Fsp3) is 0.400. The Morgan fingerprint density at radius 2 is 2.05 bits per heavy atom. The number of aromatic nitrogens is 1. The number of nitrogens with zero attached hydrogens (tertiary/aromatic N) is 2. The minimum Gasteiger partial charge on any atom is -0.391 e. The van der Waals surface area contributed by atoms with E-state index in [0.29, 0.717) is 5.92 Å². The number of β-amino-alcohol motifs (C(OH)–C–C–N with tert-alkyl or cyclic N) is 1. The van der Waals surface area contributed by atoms with Crippen molar-refractivity contribution in [3.05, 3.63) is 51.4 Å². The van der Waals surface area contributed by atoms with Crippen molar-refractivity contribution in [3.63, 3.8) is 0 Å². The molecule has 2 aromatic heterocycles. The van der Waals surface area contributed by atoms with Crippen molar-refractivity contribution in [2.45, 2.75) is 19.1 Å². The zero-order chi connectivity index (χ0) is 13.9. The fourth-order valence-electron chi connectivity index (χ4n) is 2.75. The van der Waals surface area contributed by atoms with Crippen LogP contribution in [0, 0.1) is 5.92 Å². The SMILES string of the molecule is O[C@H]1CN(Cc2ccc(Cl)s2)C[C@H]1Cc1ccncc1. The van der Waals surface area contributed by atoms with Crippen LogP contribution >= 0.6 is 22.9 Å². The number of halogens is 1. The first kappa shape index (κ1) is 14.0. The highest BCUT2D eigenvalue weighted by Gasteiger charge is 2.31. The van der Waals surface area contributed by atoms with E-state index in [4.69, 9.17) is 11.6 Å². The summed E-state index contributed by atoms with van der Waals surface area (Å²) in [7, 11) is 0. The Bertz CT molecular complexity index is 560. The van der Waals surface area contributed by atoms with E-state index in [-0.39, 0.29) is 6.10 Å². The highest BCUT2D eigenvalue weighted by Crippen LogP contribution is 2.27. The largest absolute Gasteiger partial charge is 0.391 e. The maximum atomic E-state index is 10.2. The van der Waals surface area contributed by atoms with Crippen LogP contribution in [0.25, 0.3) is 0 Å². The van der Waals surface area contributed by atoms with Crippen LogP contribution in [0.5, 0.6) is 0 Å². The molecule has 106 valence electrons. The summed E-state index contributed by atoms with van der Waals surface area (Å²) in [4.78, 5) is 7.59. The monoisotopic (exact) mass is 308 g/mol. The van der Waals surface area contributed by atoms with Gasteiger partial charge < -0.3 is 5.11 Å². The van der Waals surface area contributed by atoms with Gasteiger partial charge in [0.1, 0.15) is 0 Å². The first-order chi connectivity index (χ1) is 9.70. The summed E-state index contributed by atoms with van der Waals surface area (Å²) in [5.41, 5.74) is 1.24. The van der Waals surface area contributed by atoms with Gasteiger partial charge >= 0.3 is 0 Å². The van der Waals surface area contributed by atoms with Gasteiger partial charge in [-0.3, -0.25) is 9.88 Å². The number of thiophene rings is 1. The predicted molar refractivity (Wildman–Crippen MR) is 82.0 cm³/mol. The summed E-state index contributed by atoms with van der Waals surface area (Å²) in [6, 6.07) is 8.04. The molecule has 3 rings (SSSR count). The van der Waals surface area contributed by atoms with Crippen molar-refractivity contribution in [2.24, 2.45) is 5.92 Å². The number of hydrogen-bond acceptors (Lipinski definition) is 4. The van der Waals surface area contributed by atoms with Gasteiger partial charge in [0.05, 0.1) is 10.4 Å². The van der Waals surface area contributed by atoms with Crippen molar-refractivity contribution in [2.75, 3.05) is 13.1 Å². The Labute approximate surface area is 127 Å². The average molecular weight is 309 g/mol. The Morgan fingerprint density at radius 3 is 2.75 bits per heavy atom. The quantitative estimate of drug-likeness (QED) is 0.943. The third-order valence-corrected chi connectivity index (χ3v) is 4.95. The summed E-state index contributed by atoms with van der Waals surface area (Å²) in [6.07, 6.45) is 4.27. The van der Waals surface area contributed by atoms with Crippen LogP contribution in [0.1, 0.15) is 10.4 Å². The molecule has 1 fully saturated rings. The summed E-state index contributed by atoms with van der Waals surface area (Å²) in [5, 5.41) is 10.2. The molecule has 0 saturated carbocycles. The van der Waals surface area contributed by atoms with Gasteiger partial charge in [0, 0.05) is 42.8 Å². The minimum absolute atomic E-state index is 0.251. The summed E-state index contributed by atoms with van der Waals surface area (Å²) in [5.74, 6) is 0.299. The lowest BCUT2D eigenvalue weighted by atomic mass is 9.97. The molecule has 1 N–H and O–H groups in total. The Morgan fingerprint density at radius 1 is 1.25 bits per heavy atom. The molecule has 0 aromatic carbocycles. The molecule has 2 atom stereocenters. The minimum atomic E-state index is -0.251. The van der Waals surface area contributed by atoms with E-state index >= 15 is 0 Å². The van der Waals surface area contributed by atoms with E-state index in [0.717, 1.165) is 30.4 Å². The molecule has 3 nitrogen and oxygen atoms in total. The Kier molecular flexibility index (Phi) is 4.36. The van der Waals surface area contributed by atoms with Gasteiger partial charge in [0.25, 0.3) is 0 Å². The lowest BCUT2D eigenvalue weighted by molar-refractivity contribution is 0.141. The van der Waals surface area contributed by atoms with Crippen molar-refractivity contribution < 1.29 is 5.11 Å². The second kappa shape index (κ2) is 6.22. The first-order valence-corrected chi connectivity index (χ1v) is 7.93. The molecule has 0 aliphatic carbocycles. The molecule has 20 heavy (non-hydrogen) atoms. The zero-order valence-electron chi connectivity index (χ0n) is 11.1. The van der Waals surface area contributed by atoms with Crippen LogP contribution in [0.3, 0.4) is 0 Å². The van der Waals surface area contributed by atoms with Gasteiger partial charge in [-0.1, -0.05) is 11.6 Å². The zero-order valence-corrected chi connectivity index (χ0v) is 12.6. The van der Waals surface area contributed by atoms with Crippen molar-refractivity contribution >= 4 is 22.9 Å². The van der Waals surface area contributed by atoms with E-state index in [1.54, 1.807) is 11.3 Å². The molecule has 1 aliphatic rings. The standard InChI is InChI=1S/C15H17ClN2OS/c16-15-2-1-13(20-15)9-18-8-12(14(19)10-18)7-11-3-5-17-6-4-11/h1-6,12,14,19H,7-10H2/t12-,14+/m1/s1. The summed E-state index contributed by atoms with van der Waals surface area (Å²) < 4.78 is 0.827. The lowest BCUT2D eigenvalue weighted by Crippen LogP contribution is -2.20. The molecule has 0 radical (unpaired) electrons. The number of likely N-dealkylation sites (tertiary alicyclic amines) is 1. The van der Waals surface area contributed by atoms with Crippen LogP contribution in [-0.4, -0.2) is 34.2 Å². The van der Waals surface area contributed by atoms with Crippen LogP contribution in [-0.2, 0) is 13.0 Å². The molecular formula is C15H17ClN2OS. The van der Waals surface area contributed by atoms with Gasteiger partial charge in [0.15, 0.2) is 0 Å². The van der Waals surface area contributed by atoms with Crippen molar-refractivity contribution in [1.29, 1.82) is 0 Å². The van der Waals surface area contributed by atoms with Gasteiger partial charge in [0.2, 0.25) is 0 Å². The first-order valence-electron chi connectivity index (χ1n) is 6.74. The molecule has 5 heteroatoms. The van der Waals surface area contributed by atoms with Gasteiger partial charge in [-0.15, -0.1) is 11.3 Å². The number of pyridine rings is 1. The topological polar surface area (TPSA) is 36.4 Å². The summed E-state index contributed by atoms with van der Waals surface area (Å²) in [6.45, 7) is 2.55. The Balaban J connectivity index is 1.59. The van der Waals surface area contributed by atoms with Gasteiger partial charge in [-0.2, -0.15) is 0 Å². The molecule has 2 aromatic rings. The third-order valence-electron chi connectivity index (χ3n) is 3.74. The third kappa shape index (κ3) is 3.38. The van der Waals surface area contributed by atoms with E-state index in [2.05, 4.69) is 16.0 Å². The Hall–Kier alpha value is -0.940. The van der Waals surface area contributed by atoms with Gasteiger partial charge in [-0.05, 0) is 36.2 Å².